The molecule has 0 radical (unpaired) electrons. The van der Waals surface area contributed by atoms with Crippen LogP contribution in [0.2, 0.25) is 0 Å². The van der Waals surface area contributed by atoms with Crippen molar-refractivity contribution in [3.63, 3.8) is 0 Å². The summed E-state index contributed by atoms with van der Waals surface area (Å²) in [6, 6.07) is 11.1. The highest BCUT2D eigenvalue weighted by Crippen LogP contribution is 2.17. The molecule has 0 aliphatic carbocycles. The predicted octanol–water partition coefficient (Wildman–Crippen LogP) is 2.14. The molecule has 21 heavy (non-hydrogen) atoms. The van der Waals surface area contributed by atoms with E-state index in [2.05, 4.69) is 50.5 Å². The Bertz CT molecular complexity index is 564. The number of anilines is 2. The lowest BCUT2D eigenvalue weighted by Gasteiger charge is -2.32. The zero-order valence-electron chi connectivity index (χ0n) is 12.1. The first kappa shape index (κ1) is 13.8. The third kappa shape index (κ3) is 3.92. The Morgan fingerprint density at radius 1 is 1.14 bits per heavy atom. The maximum atomic E-state index is 5.65. The summed E-state index contributed by atoms with van der Waals surface area (Å²) < 4.78 is 0. The monoisotopic (exact) mass is 283 g/mol. The van der Waals surface area contributed by atoms with Gasteiger partial charge in [-0.2, -0.15) is 0 Å². The van der Waals surface area contributed by atoms with Crippen molar-refractivity contribution >= 4 is 11.6 Å². The number of aromatic nitrogens is 2. The first-order valence-electron chi connectivity index (χ1n) is 7.40. The van der Waals surface area contributed by atoms with E-state index in [9.17, 15) is 0 Å². The molecule has 2 aromatic rings. The van der Waals surface area contributed by atoms with Crippen molar-refractivity contribution in [3.8, 4) is 0 Å². The molecule has 2 heterocycles. The largest absolute Gasteiger partial charge is 0.382 e. The fourth-order valence-electron chi connectivity index (χ4n) is 2.74. The first-order valence-corrected chi connectivity index (χ1v) is 7.40. The van der Waals surface area contributed by atoms with Gasteiger partial charge < -0.3 is 11.1 Å². The fourth-order valence-corrected chi connectivity index (χ4v) is 2.74. The van der Waals surface area contributed by atoms with Gasteiger partial charge in [0.25, 0.3) is 0 Å². The molecule has 5 nitrogen and oxygen atoms in total. The van der Waals surface area contributed by atoms with Crippen molar-refractivity contribution in [2.45, 2.75) is 25.4 Å². The zero-order valence-corrected chi connectivity index (χ0v) is 12.1. The second-order valence-electron chi connectivity index (χ2n) is 5.51. The normalized spacial score (nSPS) is 16.8. The molecule has 5 heteroatoms. The van der Waals surface area contributed by atoms with Crippen LogP contribution in [0.25, 0.3) is 0 Å². The number of nitrogens with two attached hydrogens (primary N) is 1. The Morgan fingerprint density at radius 3 is 2.62 bits per heavy atom. The molecule has 0 atom stereocenters. The van der Waals surface area contributed by atoms with Gasteiger partial charge in [-0.1, -0.05) is 30.3 Å². The van der Waals surface area contributed by atoms with Gasteiger partial charge in [-0.05, 0) is 18.4 Å². The molecule has 1 aliphatic rings. The van der Waals surface area contributed by atoms with Crippen LogP contribution in [0.15, 0.2) is 42.7 Å². The minimum Gasteiger partial charge on any atom is -0.382 e. The van der Waals surface area contributed by atoms with Crippen LogP contribution in [0.1, 0.15) is 18.4 Å². The molecule has 0 unspecified atom stereocenters. The second kappa shape index (κ2) is 6.54. The SMILES string of the molecule is Nc1cncc(NC2CCN(Cc3ccccc3)CC2)n1. The second-order valence-corrected chi connectivity index (χ2v) is 5.51. The summed E-state index contributed by atoms with van der Waals surface area (Å²) in [7, 11) is 0. The van der Waals surface area contributed by atoms with Crippen molar-refractivity contribution in [2.75, 3.05) is 24.1 Å². The summed E-state index contributed by atoms with van der Waals surface area (Å²) in [4.78, 5) is 10.8. The van der Waals surface area contributed by atoms with Crippen LogP contribution in [-0.2, 0) is 6.54 Å². The van der Waals surface area contributed by atoms with Crippen molar-refractivity contribution in [3.05, 3.63) is 48.3 Å². The predicted molar refractivity (Wildman–Crippen MR) is 84.8 cm³/mol. The number of likely N-dealkylation sites (tertiary alicyclic amines) is 1. The van der Waals surface area contributed by atoms with Gasteiger partial charge in [-0.3, -0.25) is 9.88 Å². The van der Waals surface area contributed by atoms with Gasteiger partial charge in [0.15, 0.2) is 0 Å². The molecule has 1 aromatic heterocycles. The van der Waals surface area contributed by atoms with Crippen LogP contribution >= 0.6 is 0 Å². The summed E-state index contributed by atoms with van der Waals surface area (Å²) in [5.74, 6) is 1.23. The van der Waals surface area contributed by atoms with E-state index in [0.717, 1.165) is 38.3 Å². The summed E-state index contributed by atoms with van der Waals surface area (Å²) in [5.41, 5.74) is 7.03. The highest BCUT2D eigenvalue weighted by Gasteiger charge is 2.19. The molecule has 1 saturated heterocycles. The van der Waals surface area contributed by atoms with E-state index in [4.69, 9.17) is 5.73 Å². The summed E-state index contributed by atoms with van der Waals surface area (Å²) in [6.07, 6.45) is 5.52. The standard InChI is InChI=1S/C16H21N5/c17-15-10-18-11-16(20-15)19-14-6-8-21(9-7-14)12-13-4-2-1-3-5-13/h1-5,10-11,14H,6-9,12H2,(H3,17,19,20). The van der Waals surface area contributed by atoms with Crippen LogP contribution in [-0.4, -0.2) is 34.0 Å². The van der Waals surface area contributed by atoms with Gasteiger partial charge in [0.1, 0.15) is 11.6 Å². The number of hydrogen-bond acceptors (Lipinski definition) is 5. The minimum absolute atomic E-state index is 0.452. The smallest absolute Gasteiger partial charge is 0.147 e. The molecule has 0 saturated carbocycles. The fraction of sp³-hybridized carbons (Fsp3) is 0.375. The number of benzene rings is 1. The molecule has 3 N–H and O–H groups in total. The molecular weight excluding hydrogens is 262 g/mol. The van der Waals surface area contributed by atoms with Crippen LogP contribution < -0.4 is 11.1 Å². The third-order valence-electron chi connectivity index (χ3n) is 3.84. The lowest BCUT2D eigenvalue weighted by atomic mass is 10.0. The Kier molecular flexibility index (Phi) is 4.31. The lowest BCUT2D eigenvalue weighted by Crippen LogP contribution is -2.38. The van der Waals surface area contributed by atoms with Crippen molar-refractivity contribution < 1.29 is 0 Å². The van der Waals surface area contributed by atoms with Gasteiger partial charge in [-0.15, -0.1) is 0 Å². The van der Waals surface area contributed by atoms with E-state index < -0.39 is 0 Å². The third-order valence-corrected chi connectivity index (χ3v) is 3.84. The molecule has 1 fully saturated rings. The molecule has 0 bridgehead atoms. The molecular formula is C16H21N5. The van der Waals surface area contributed by atoms with Gasteiger partial charge >= 0.3 is 0 Å². The molecule has 3 rings (SSSR count). The van der Waals surface area contributed by atoms with Crippen LogP contribution in [0.3, 0.4) is 0 Å². The molecule has 110 valence electrons. The van der Waals surface area contributed by atoms with E-state index >= 15 is 0 Å². The topological polar surface area (TPSA) is 67.1 Å². The van der Waals surface area contributed by atoms with Gasteiger partial charge in [0.2, 0.25) is 0 Å². The van der Waals surface area contributed by atoms with Gasteiger partial charge in [-0.25, -0.2) is 4.98 Å². The Morgan fingerprint density at radius 2 is 1.90 bits per heavy atom. The molecule has 1 aromatic carbocycles. The maximum absolute atomic E-state index is 5.65. The quantitative estimate of drug-likeness (QED) is 0.900. The van der Waals surface area contributed by atoms with E-state index in [-0.39, 0.29) is 0 Å². The number of nitrogens with one attached hydrogen (secondary N) is 1. The molecule has 0 spiro atoms. The van der Waals surface area contributed by atoms with Crippen LogP contribution in [0.4, 0.5) is 11.6 Å². The highest BCUT2D eigenvalue weighted by molar-refractivity contribution is 5.39. The summed E-state index contributed by atoms with van der Waals surface area (Å²) >= 11 is 0. The molecule has 0 amide bonds. The van der Waals surface area contributed by atoms with Crippen LogP contribution in [0, 0.1) is 0 Å². The number of nitrogen functional groups attached to an aromatic ring is 1. The zero-order chi connectivity index (χ0) is 14.5. The van der Waals surface area contributed by atoms with Gasteiger partial charge in [0.05, 0.1) is 12.4 Å². The number of nitrogens with zero attached hydrogens (tertiary/aromatic N) is 3. The number of hydrogen-bond donors (Lipinski definition) is 2. The van der Waals surface area contributed by atoms with E-state index in [1.54, 1.807) is 12.4 Å². The van der Waals surface area contributed by atoms with Crippen molar-refractivity contribution in [2.24, 2.45) is 0 Å². The van der Waals surface area contributed by atoms with Gasteiger partial charge in [0, 0.05) is 25.7 Å². The van der Waals surface area contributed by atoms with Crippen molar-refractivity contribution in [1.29, 1.82) is 0 Å². The lowest BCUT2D eigenvalue weighted by molar-refractivity contribution is 0.211. The summed E-state index contributed by atoms with van der Waals surface area (Å²) in [5, 5.41) is 3.43. The number of piperidine rings is 1. The van der Waals surface area contributed by atoms with E-state index in [1.807, 2.05) is 0 Å². The average Bonchev–Trinajstić information content (AvgIpc) is 2.50. The molecule has 1 aliphatic heterocycles. The van der Waals surface area contributed by atoms with Crippen LogP contribution in [0.5, 0.6) is 0 Å². The van der Waals surface area contributed by atoms with Crippen molar-refractivity contribution in [1.82, 2.24) is 14.9 Å². The number of rotatable bonds is 4. The highest BCUT2D eigenvalue weighted by atomic mass is 15.2. The van der Waals surface area contributed by atoms with E-state index in [0.29, 0.717) is 11.9 Å². The Balaban J connectivity index is 1.49. The van der Waals surface area contributed by atoms with E-state index in [1.165, 1.54) is 5.56 Å². The Hall–Kier alpha value is -2.14. The summed E-state index contributed by atoms with van der Waals surface area (Å²) in [6.45, 7) is 3.23. The minimum atomic E-state index is 0.452. The maximum Gasteiger partial charge on any atom is 0.147 e. The average molecular weight is 283 g/mol. The Labute approximate surface area is 125 Å². The first-order chi connectivity index (χ1) is 10.3.